The van der Waals surface area contributed by atoms with Gasteiger partial charge < -0.3 is 10.6 Å². The van der Waals surface area contributed by atoms with Crippen LogP contribution in [0.3, 0.4) is 0 Å². The van der Waals surface area contributed by atoms with Gasteiger partial charge in [0.1, 0.15) is 5.69 Å². The van der Waals surface area contributed by atoms with Gasteiger partial charge in [0.05, 0.1) is 6.04 Å². The number of nitrogens with zero attached hydrogens (tertiary/aromatic N) is 2. The van der Waals surface area contributed by atoms with Gasteiger partial charge in [0.25, 0.3) is 5.91 Å². The molecule has 0 radical (unpaired) electrons. The molecule has 2 fully saturated rings. The Morgan fingerprint density at radius 2 is 2.32 bits per heavy atom. The maximum Gasteiger partial charge on any atom is 0.271 e. The molecule has 0 spiro atoms. The van der Waals surface area contributed by atoms with E-state index in [1.807, 2.05) is 16.9 Å². The fourth-order valence-electron chi connectivity index (χ4n) is 3.19. The molecule has 1 aliphatic carbocycles. The van der Waals surface area contributed by atoms with E-state index in [-0.39, 0.29) is 18.3 Å². The Morgan fingerprint density at radius 1 is 1.55 bits per heavy atom. The molecule has 6 heteroatoms. The number of carbonyl (C=O) groups excluding carboxylic acids is 1. The third-order valence-corrected chi connectivity index (χ3v) is 5.20. The molecule has 2 N–H and O–H groups in total. The maximum atomic E-state index is 12.2. The zero-order valence-electron chi connectivity index (χ0n) is 13.5. The zero-order valence-corrected chi connectivity index (χ0v) is 14.3. The summed E-state index contributed by atoms with van der Waals surface area (Å²) in [6.07, 6.45) is 6.69. The van der Waals surface area contributed by atoms with E-state index in [1.165, 1.54) is 19.3 Å². The lowest BCUT2D eigenvalue weighted by Gasteiger charge is -2.23. The second-order valence-corrected chi connectivity index (χ2v) is 6.88. The van der Waals surface area contributed by atoms with E-state index in [9.17, 15) is 4.79 Å². The van der Waals surface area contributed by atoms with Gasteiger partial charge in [-0.3, -0.25) is 9.48 Å². The monoisotopic (exact) mass is 326 g/mol. The first-order chi connectivity index (χ1) is 10.1. The third kappa shape index (κ3) is 3.63. The van der Waals surface area contributed by atoms with Crippen molar-refractivity contribution in [3.63, 3.8) is 0 Å². The predicted octanol–water partition coefficient (Wildman–Crippen LogP) is 2.40. The second kappa shape index (κ2) is 7.01. The smallest absolute Gasteiger partial charge is 0.271 e. The van der Waals surface area contributed by atoms with Crippen LogP contribution >= 0.6 is 12.4 Å². The summed E-state index contributed by atoms with van der Waals surface area (Å²) in [7, 11) is 0. The van der Waals surface area contributed by atoms with Crippen LogP contribution < -0.4 is 10.6 Å². The Balaban J connectivity index is 0.00000176. The number of carbonyl (C=O) groups is 1. The molecule has 1 saturated heterocycles. The number of nitrogens with one attached hydrogen (secondary N) is 2. The summed E-state index contributed by atoms with van der Waals surface area (Å²) >= 11 is 0. The predicted molar refractivity (Wildman–Crippen MR) is 89.5 cm³/mol. The summed E-state index contributed by atoms with van der Waals surface area (Å²) in [5.41, 5.74) is 0.881. The number of halogens is 1. The lowest BCUT2D eigenvalue weighted by atomic mass is 9.92. The molecule has 1 saturated carbocycles. The van der Waals surface area contributed by atoms with Crippen molar-refractivity contribution in [1.29, 1.82) is 0 Å². The fourth-order valence-corrected chi connectivity index (χ4v) is 3.19. The summed E-state index contributed by atoms with van der Waals surface area (Å²) in [6.45, 7) is 7.29. The number of amides is 1. The minimum absolute atomic E-state index is 0. The summed E-state index contributed by atoms with van der Waals surface area (Å²) < 4.78 is 1.94. The molecule has 124 valence electrons. The molecule has 1 amide bonds. The summed E-state index contributed by atoms with van der Waals surface area (Å²) in [6, 6.07) is 2.21. The Bertz CT molecular complexity index is 504. The number of hydrogen-bond acceptors (Lipinski definition) is 3. The molecule has 1 aromatic rings. The fraction of sp³-hybridized carbons (Fsp3) is 0.750. The van der Waals surface area contributed by atoms with Gasteiger partial charge in [0.15, 0.2) is 0 Å². The van der Waals surface area contributed by atoms with E-state index >= 15 is 0 Å². The van der Waals surface area contributed by atoms with Crippen molar-refractivity contribution in [2.24, 2.45) is 11.3 Å². The standard InChI is InChI=1S/C16H26N4O.ClH/c1-12(2)16(6-7-16)11-18-15(21)14-5-9-20(19-14)13-4-3-8-17-10-13;/h5,9,12-13,17H,3-4,6-8,10-11H2,1-2H3,(H,18,21);1H. The molecular weight excluding hydrogens is 300 g/mol. The van der Waals surface area contributed by atoms with Crippen LogP contribution in [0.2, 0.25) is 0 Å². The highest BCUT2D eigenvalue weighted by molar-refractivity contribution is 5.92. The van der Waals surface area contributed by atoms with Crippen molar-refractivity contribution >= 4 is 18.3 Å². The number of rotatable bonds is 5. The van der Waals surface area contributed by atoms with Crippen LogP contribution in [-0.4, -0.2) is 35.3 Å². The summed E-state index contributed by atoms with van der Waals surface area (Å²) in [5, 5.41) is 10.9. The summed E-state index contributed by atoms with van der Waals surface area (Å²) in [5.74, 6) is 0.591. The molecular formula is C16H27ClN4O. The van der Waals surface area contributed by atoms with Gasteiger partial charge in [0.2, 0.25) is 0 Å². The van der Waals surface area contributed by atoms with Gasteiger partial charge in [-0.15, -0.1) is 12.4 Å². The second-order valence-electron chi connectivity index (χ2n) is 6.88. The van der Waals surface area contributed by atoms with Gasteiger partial charge in [-0.25, -0.2) is 0 Å². The van der Waals surface area contributed by atoms with Gasteiger partial charge in [-0.2, -0.15) is 5.10 Å². The van der Waals surface area contributed by atoms with Crippen molar-refractivity contribution < 1.29 is 4.79 Å². The Hall–Kier alpha value is -1.07. The minimum atomic E-state index is -0.0376. The van der Waals surface area contributed by atoms with Crippen molar-refractivity contribution in [3.05, 3.63) is 18.0 Å². The van der Waals surface area contributed by atoms with Crippen molar-refractivity contribution in [3.8, 4) is 0 Å². The maximum absolute atomic E-state index is 12.2. The quantitative estimate of drug-likeness (QED) is 0.873. The molecule has 1 aromatic heterocycles. The number of piperidine rings is 1. The average Bonchev–Trinajstić information content (AvgIpc) is 3.14. The van der Waals surface area contributed by atoms with E-state index in [0.29, 0.717) is 23.1 Å². The Morgan fingerprint density at radius 3 is 2.91 bits per heavy atom. The number of hydrogen-bond donors (Lipinski definition) is 2. The summed E-state index contributed by atoms with van der Waals surface area (Å²) in [4.78, 5) is 12.2. The molecule has 1 unspecified atom stereocenters. The topological polar surface area (TPSA) is 59.0 Å². The minimum Gasteiger partial charge on any atom is -0.350 e. The van der Waals surface area contributed by atoms with Crippen molar-refractivity contribution in [1.82, 2.24) is 20.4 Å². The Kier molecular flexibility index (Phi) is 5.50. The third-order valence-electron chi connectivity index (χ3n) is 5.20. The Labute approximate surface area is 138 Å². The van der Waals surface area contributed by atoms with Crippen LogP contribution in [0, 0.1) is 11.3 Å². The highest BCUT2D eigenvalue weighted by Crippen LogP contribution is 2.51. The lowest BCUT2D eigenvalue weighted by Crippen LogP contribution is -2.34. The first-order valence-electron chi connectivity index (χ1n) is 8.15. The normalized spacial score (nSPS) is 23.0. The molecule has 2 aliphatic rings. The molecule has 2 heterocycles. The molecule has 0 bridgehead atoms. The molecule has 1 atom stereocenters. The first-order valence-corrected chi connectivity index (χ1v) is 8.15. The molecule has 3 rings (SSSR count). The lowest BCUT2D eigenvalue weighted by molar-refractivity contribution is 0.0933. The SMILES string of the molecule is CC(C)C1(CNC(=O)c2ccn(C3CCCNC3)n2)CC1.Cl. The van der Waals surface area contributed by atoms with Crippen molar-refractivity contribution in [2.75, 3.05) is 19.6 Å². The first kappa shape index (κ1) is 17.3. The largest absolute Gasteiger partial charge is 0.350 e. The molecule has 22 heavy (non-hydrogen) atoms. The van der Waals surface area contributed by atoms with E-state index in [1.54, 1.807) is 0 Å². The van der Waals surface area contributed by atoms with Gasteiger partial charge >= 0.3 is 0 Å². The van der Waals surface area contributed by atoms with Gasteiger partial charge in [-0.05, 0) is 49.6 Å². The van der Waals surface area contributed by atoms with Crippen LogP contribution in [0.4, 0.5) is 0 Å². The van der Waals surface area contributed by atoms with Crippen LogP contribution in [0.5, 0.6) is 0 Å². The van der Waals surface area contributed by atoms with Crippen LogP contribution in [0.1, 0.15) is 56.1 Å². The van der Waals surface area contributed by atoms with Gasteiger partial charge in [0, 0.05) is 19.3 Å². The highest BCUT2D eigenvalue weighted by atomic mass is 35.5. The van der Waals surface area contributed by atoms with E-state index < -0.39 is 0 Å². The van der Waals surface area contributed by atoms with E-state index in [2.05, 4.69) is 29.6 Å². The molecule has 0 aromatic carbocycles. The zero-order chi connectivity index (χ0) is 14.9. The van der Waals surface area contributed by atoms with E-state index in [0.717, 1.165) is 26.1 Å². The van der Waals surface area contributed by atoms with E-state index in [4.69, 9.17) is 0 Å². The van der Waals surface area contributed by atoms with Gasteiger partial charge in [-0.1, -0.05) is 13.8 Å². The average molecular weight is 327 g/mol. The highest BCUT2D eigenvalue weighted by Gasteiger charge is 2.45. The van der Waals surface area contributed by atoms with Crippen LogP contribution in [-0.2, 0) is 0 Å². The van der Waals surface area contributed by atoms with Crippen molar-refractivity contribution in [2.45, 2.75) is 45.6 Å². The van der Waals surface area contributed by atoms with Crippen LogP contribution in [0.25, 0.3) is 0 Å². The van der Waals surface area contributed by atoms with Crippen LogP contribution in [0.15, 0.2) is 12.3 Å². The molecule has 1 aliphatic heterocycles. The number of aromatic nitrogens is 2. The molecule has 5 nitrogen and oxygen atoms in total.